The molecule has 0 nitrogen and oxygen atoms in total. The van der Waals surface area contributed by atoms with E-state index >= 15 is 0 Å². The van der Waals surface area contributed by atoms with Gasteiger partial charge in [0.2, 0.25) is 0 Å². The number of halogens is 6. The fraction of sp³-hybridized carbons (Fsp3) is 0.0909. The first kappa shape index (κ1) is 20.5. The average Bonchev–Trinajstić information content (AvgIpc) is 2.73. The molecule has 0 N–H and O–H groups in total. The minimum Gasteiger partial charge on any atom is -0.273 e. The average molecular weight is 344 g/mol. The predicted octanol–water partition coefficient (Wildman–Crippen LogP) is 6.37. The molecular formula is C11H11F6FeP-2. The largest absolute Gasteiger partial charge is 0.273 e. The summed E-state index contributed by atoms with van der Waals surface area (Å²) in [4.78, 5) is 0. The van der Waals surface area contributed by atoms with Crippen molar-refractivity contribution in [1.29, 1.82) is 0 Å². The van der Waals surface area contributed by atoms with E-state index in [1.54, 1.807) is 0 Å². The maximum Gasteiger partial charge on any atom is 0 e. The van der Waals surface area contributed by atoms with Crippen LogP contribution in [-0.4, -0.2) is 0 Å². The summed E-state index contributed by atoms with van der Waals surface area (Å²) in [7, 11) is -10.7. The van der Waals surface area contributed by atoms with Crippen molar-refractivity contribution in [3.63, 3.8) is 0 Å². The molecule has 0 spiro atoms. The molecule has 112 valence electrons. The normalized spacial score (nSPS) is 15.7. The summed E-state index contributed by atoms with van der Waals surface area (Å²) < 4.78 is 59.2. The molecule has 19 heavy (non-hydrogen) atoms. The van der Waals surface area contributed by atoms with E-state index in [2.05, 4.69) is 12.2 Å². The zero-order valence-electron chi connectivity index (χ0n) is 9.47. The van der Waals surface area contributed by atoms with E-state index in [0.717, 1.165) is 6.42 Å². The van der Waals surface area contributed by atoms with E-state index in [9.17, 15) is 25.2 Å². The molecule has 0 atom stereocenters. The molecule has 0 amide bonds. The molecule has 0 aliphatic heterocycles. The van der Waals surface area contributed by atoms with Crippen LogP contribution in [0.25, 0.3) is 0 Å². The Morgan fingerprint density at radius 1 is 0.737 bits per heavy atom. The molecule has 1 aliphatic carbocycles. The van der Waals surface area contributed by atoms with Crippen LogP contribution >= 0.6 is 7.81 Å². The molecule has 0 fully saturated rings. The Hall–Kier alpha value is -0.771. The Bertz CT molecular complexity index is 347. The molecule has 0 aromatic heterocycles. The first-order valence-corrected chi connectivity index (χ1v) is 6.76. The minimum absolute atomic E-state index is 0. The van der Waals surface area contributed by atoms with Crippen molar-refractivity contribution >= 4 is 7.81 Å². The van der Waals surface area contributed by atoms with E-state index < -0.39 is 7.81 Å². The number of benzene rings is 1. The Balaban J connectivity index is 0. The number of allylic oxidation sites excluding steroid dienone is 4. The maximum atomic E-state index is 9.87. The third kappa shape index (κ3) is 38.2. The summed E-state index contributed by atoms with van der Waals surface area (Å²) >= 11 is 0. The van der Waals surface area contributed by atoms with Crippen LogP contribution in [-0.2, 0) is 17.1 Å². The van der Waals surface area contributed by atoms with Gasteiger partial charge in [0.25, 0.3) is 0 Å². The van der Waals surface area contributed by atoms with Gasteiger partial charge in [0.1, 0.15) is 0 Å². The van der Waals surface area contributed by atoms with Crippen molar-refractivity contribution < 1.29 is 42.3 Å². The van der Waals surface area contributed by atoms with Crippen LogP contribution in [0.2, 0.25) is 0 Å². The van der Waals surface area contributed by atoms with E-state index in [0.29, 0.717) is 0 Å². The van der Waals surface area contributed by atoms with Gasteiger partial charge >= 0.3 is 33.0 Å². The zero-order chi connectivity index (χ0) is 14.2. The van der Waals surface area contributed by atoms with Gasteiger partial charge in [0, 0.05) is 17.1 Å². The number of hydrogen-bond donors (Lipinski definition) is 0. The fourth-order valence-electron chi connectivity index (χ4n) is 0.725. The summed E-state index contributed by atoms with van der Waals surface area (Å²) in [6.07, 6.45) is 10.0. The van der Waals surface area contributed by atoms with Crippen molar-refractivity contribution in [3.05, 3.63) is 60.7 Å². The first-order valence-electron chi connectivity index (χ1n) is 4.73. The van der Waals surface area contributed by atoms with Gasteiger partial charge in [-0.2, -0.15) is 6.08 Å². The van der Waals surface area contributed by atoms with Gasteiger partial charge in [-0.25, -0.2) is 12.2 Å². The Kier molecular flexibility index (Phi) is 7.71. The predicted molar refractivity (Wildman–Crippen MR) is 61.6 cm³/mol. The second-order valence-corrected chi connectivity index (χ2v) is 5.03. The van der Waals surface area contributed by atoms with Crippen LogP contribution in [0.3, 0.4) is 0 Å². The van der Waals surface area contributed by atoms with Gasteiger partial charge in [-0.1, -0.05) is 36.4 Å². The smallest absolute Gasteiger partial charge is 0 e. The molecule has 0 saturated heterocycles. The quantitative estimate of drug-likeness (QED) is 0.222. The molecule has 8 heteroatoms. The summed E-state index contributed by atoms with van der Waals surface area (Å²) in [5, 5.41) is 0. The molecule has 0 heterocycles. The van der Waals surface area contributed by atoms with Crippen LogP contribution in [0.15, 0.2) is 54.6 Å². The van der Waals surface area contributed by atoms with Crippen molar-refractivity contribution in [2.24, 2.45) is 0 Å². The van der Waals surface area contributed by atoms with Crippen molar-refractivity contribution in [2.75, 3.05) is 0 Å². The Morgan fingerprint density at radius 2 is 1.05 bits per heavy atom. The molecule has 0 saturated carbocycles. The maximum absolute atomic E-state index is 10.7. The summed E-state index contributed by atoms with van der Waals surface area (Å²) in [6, 6.07) is 12.0. The van der Waals surface area contributed by atoms with Gasteiger partial charge in [0.05, 0.1) is 0 Å². The molecule has 2 rings (SSSR count). The summed E-state index contributed by atoms with van der Waals surface area (Å²) in [6.45, 7) is 0. The molecule has 1 aliphatic rings. The van der Waals surface area contributed by atoms with Crippen LogP contribution in [0.4, 0.5) is 25.2 Å². The second-order valence-electron chi connectivity index (χ2n) is 3.12. The Morgan fingerprint density at radius 3 is 1.16 bits per heavy atom. The molecule has 0 unspecified atom stereocenters. The number of hydrogen-bond acceptors (Lipinski definition) is 0. The van der Waals surface area contributed by atoms with Crippen LogP contribution < -0.4 is 0 Å². The molecule has 1 aromatic rings. The SMILES string of the molecule is F[P-](F)(F)(F)(F)F.[C-]1=CC=CC1.[Fe].c1ccccc1. The van der Waals surface area contributed by atoms with Crippen molar-refractivity contribution in [1.82, 2.24) is 0 Å². The van der Waals surface area contributed by atoms with Gasteiger partial charge < -0.3 is 0 Å². The fourth-order valence-corrected chi connectivity index (χ4v) is 0.725. The van der Waals surface area contributed by atoms with E-state index in [1.165, 1.54) is 0 Å². The molecule has 0 radical (unpaired) electrons. The zero-order valence-corrected chi connectivity index (χ0v) is 11.5. The minimum atomic E-state index is -10.7. The topological polar surface area (TPSA) is 0 Å². The van der Waals surface area contributed by atoms with Crippen LogP contribution in [0, 0.1) is 6.08 Å². The second kappa shape index (κ2) is 7.13. The van der Waals surface area contributed by atoms with Gasteiger partial charge in [-0.15, -0.1) is 6.42 Å². The first-order chi connectivity index (χ1) is 7.95. The van der Waals surface area contributed by atoms with Crippen LogP contribution in [0.5, 0.6) is 0 Å². The van der Waals surface area contributed by atoms with Gasteiger partial charge in [0.15, 0.2) is 0 Å². The van der Waals surface area contributed by atoms with Gasteiger partial charge in [-0.3, -0.25) is 6.08 Å². The van der Waals surface area contributed by atoms with Crippen molar-refractivity contribution in [2.45, 2.75) is 6.42 Å². The van der Waals surface area contributed by atoms with Gasteiger partial charge in [-0.05, 0) is 0 Å². The monoisotopic (exact) mass is 344 g/mol. The van der Waals surface area contributed by atoms with E-state index in [-0.39, 0.29) is 17.1 Å². The Labute approximate surface area is 117 Å². The standard InChI is InChI=1S/C6H6.C5H5.F6P.Fe/c1-2-4-6-5-3-1;1-2-4-5-3-1;1-7(2,3,4,5)6;/h1-6H;1-3H,4H2;;/q;2*-1;. The number of rotatable bonds is 0. The summed E-state index contributed by atoms with van der Waals surface area (Å²) in [5.41, 5.74) is 0. The third-order valence-corrected chi connectivity index (χ3v) is 1.25. The van der Waals surface area contributed by atoms with E-state index in [1.807, 2.05) is 48.6 Å². The molecular weight excluding hydrogens is 333 g/mol. The van der Waals surface area contributed by atoms with Crippen LogP contribution in [0.1, 0.15) is 6.42 Å². The summed E-state index contributed by atoms with van der Waals surface area (Å²) in [5.74, 6) is 0. The molecule has 0 bridgehead atoms. The third-order valence-electron chi connectivity index (χ3n) is 1.25. The molecule has 1 aromatic carbocycles. The van der Waals surface area contributed by atoms with E-state index in [4.69, 9.17) is 0 Å². The van der Waals surface area contributed by atoms with Crippen molar-refractivity contribution in [3.8, 4) is 0 Å².